The first-order valence-electron chi connectivity index (χ1n) is 14.1. The summed E-state index contributed by atoms with van der Waals surface area (Å²) in [5.74, 6) is 2.17. The lowest BCUT2D eigenvalue weighted by Gasteiger charge is -2.18. The lowest BCUT2D eigenvalue weighted by Crippen LogP contribution is -2.21. The molecule has 0 aliphatic carbocycles. The van der Waals surface area contributed by atoms with Crippen molar-refractivity contribution in [1.29, 1.82) is 0 Å². The minimum absolute atomic E-state index is 0.144. The zero-order valence-corrected chi connectivity index (χ0v) is 26.9. The van der Waals surface area contributed by atoms with E-state index in [0.29, 0.717) is 44.9 Å². The summed E-state index contributed by atoms with van der Waals surface area (Å²) in [7, 11) is 1.48. The van der Waals surface area contributed by atoms with Crippen LogP contribution in [-0.2, 0) is 0 Å². The molecule has 2 aromatic heterocycles. The smallest absolute Gasteiger partial charge is 0.287 e. The molecule has 2 heterocycles. The number of nitro groups is 1. The number of hydrogen-bond donors (Lipinski definition) is 0. The van der Waals surface area contributed by atoms with Gasteiger partial charge in [0.15, 0.2) is 17.3 Å². The molecule has 11 nitrogen and oxygen atoms in total. The average Bonchev–Trinajstić information content (AvgIpc) is 3.02. The standard InChI is InChI=1S/C33H30BrN5O6/c1-6-44-28-13-20(4)25(16-24(28)19(2)3)32-37-27-10-8-7-9-23(27)33(40)38(32)36-17-21-14-26(34)31(29(15-21)43-5)45-30-12-11-22(18-35-30)39(41)42/h7-19H,6H2,1-5H3. The second kappa shape index (κ2) is 13.3. The van der Waals surface area contributed by atoms with E-state index >= 15 is 0 Å². The summed E-state index contributed by atoms with van der Waals surface area (Å²) in [6, 6.07) is 17.3. The monoisotopic (exact) mass is 671 g/mol. The van der Waals surface area contributed by atoms with Gasteiger partial charge in [-0.15, -0.1) is 0 Å². The number of methoxy groups -OCH3 is 1. The average molecular weight is 673 g/mol. The van der Waals surface area contributed by atoms with Crippen molar-refractivity contribution in [3.8, 4) is 34.5 Å². The van der Waals surface area contributed by atoms with Crippen LogP contribution in [0.15, 0.2) is 81.2 Å². The SMILES string of the molecule is CCOc1cc(C)c(-c2nc3ccccc3c(=O)n2N=Cc2cc(Br)c(Oc3ccc([N+](=O)[O-])cn3)c(OC)c2)cc1C(C)C. The lowest BCUT2D eigenvalue weighted by atomic mass is 9.96. The molecule has 0 bridgehead atoms. The highest BCUT2D eigenvalue weighted by Crippen LogP contribution is 2.39. The van der Waals surface area contributed by atoms with Crippen LogP contribution in [0, 0.1) is 17.0 Å². The number of benzene rings is 3. The molecule has 45 heavy (non-hydrogen) atoms. The highest BCUT2D eigenvalue weighted by molar-refractivity contribution is 9.10. The Hall–Kier alpha value is -5.10. The van der Waals surface area contributed by atoms with Crippen molar-refractivity contribution in [3.05, 3.63) is 108 Å². The van der Waals surface area contributed by atoms with Crippen molar-refractivity contribution in [1.82, 2.24) is 14.6 Å². The zero-order chi connectivity index (χ0) is 32.2. The second-order valence-corrected chi connectivity index (χ2v) is 11.2. The van der Waals surface area contributed by atoms with E-state index in [9.17, 15) is 14.9 Å². The maximum absolute atomic E-state index is 13.8. The van der Waals surface area contributed by atoms with Crippen molar-refractivity contribution in [2.45, 2.75) is 33.6 Å². The molecule has 0 unspecified atom stereocenters. The molecule has 230 valence electrons. The van der Waals surface area contributed by atoms with Crippen LogP contribution < -0.4 is 19.8 Å². The number of aromatic nitrogens is 3. The van der Waals surface area contributed by atoms with Crippen LogP contribution in [0.3, 0.4) is 0 Å². The summed E-state index contributed by atoms with van der Waals surface area (Å²) in [6.07, 6.45) is 2.65. The van der Waals surface area contributed by atoms with Crippen molar-refractivity contribution in [2.24, 2.45) is 5.10 Å². The molecule has 0 aliphatic rings. The fourth-order valence-corrected chi connectivity index (χ4v) is 5.30. The number of ether oxygens (including phenoxy) is 3. The van der Waals surface area contributed by atoms with E-state index in [1.54, 1.807) is 24.3 Å². The highest BCUT2D eigenvalue weighted by atomic mass is 79.9. The Morgan fingerprint density at radius 3 is 2.56 bits per heavy atom. The molecule has 0 amide bonds. The van der Waals surface area contributed by atoms with Crippen LogP contribution >= 0.6 is 15.9 Å². The van der Waals surface area contributed by atoms with Gasteiger partial charge in [-0.25, -0.2) is 9.97 Å². The van der Waals surface area contributed by atoms with Gasteiger partial charge in [0.1, 0.15) is 11.9 Å². The number of hydrogen-bond acceptors (Lipinski definition) is 9. The fraction of sp³-hybridized carbons (Fsp3) is 0.212. The molecule has 5 aromatic rings. The molecule has 0 atom stereocenters. The molecule has 0 saturated heterocycles. The third-order valence-electron chi connectivity index (χ3n) is 6.99. The van der Waals surface area contributed by atoms with Crippen LogP contribution in [0.2, 0.25) is 0 Å². The van der Waals surface area contributed by atoms with E-state index in [1.165, 1.54) is 30.1 Å². The molecule has 0 N–H and O–H groups in total. The molecule has 0 saturated carbocycles. The summed E-state index contributed by atoms with van der Waals surface area (Å²) in [6.45, 7) is 8.62. The van der Waals surface area contributed by atoms with Crippen LogP contribution in [0.25, 0.3) is 22.3 Å². The largest absolute Gasteiger partial charge is 0.494 e. The van der Waals surface area contributed by atoms with E-state index in [-0.39, 0.29) is 23.0 Å². The van der Waals surface area contributed by atoms with Gasteiger partial charge < -0.3 is 14.2 Å². The van der Waals surface area contributed by atoms with Gasteiger partial charge in [-0.3, -0.25) is 14.9 Å². The Balaban J connectivity index is 1.60. The number of nitrogens with zero attached hydrogens (tertiary/aromatic N) is 5. The van der Waals surface area contributed by atoms with Crippen molar-refractivity contribution < 1.29 is 19.1 Å². The van der Waals surface area contributed by atoms with E-state index in [4.69, 9.17) is 19.2 Å². The number of pyridine rings is 1. The third-order valence-corrected chi connectivity index (χ3v) is 7.57. The zero-order valence-electron chi connectivity index (χ0n) is 25.3. The molecule has 3 aromatic carbocycles. The van der Waals surface area contributed by atoms with Crippen LogP contribution in [0.4, 0.5) is 5.69 Å². The fourth-order valence-electron chi connectivity index (χ4n) is 4.76. The summed E-state index contributed by atoms with van der Waals surface area (Å²) >= 11 is 3.51. The summed E-state index contributed by atoms with van der Waals surface area (Å²) in [5, 5.41) is 16.0. The van der Waals surface area contributed by atoms with Gasteiger partial charge in [-0.05, 0) is 88.8 Å². The topological polar surface area (TPSA) is 131 Å². The van der Waals surface area contributed by atoms with E-state index in [2.05, 4.69) is 39.9 Å². The maximum atomic E-state index is 13.8. The Kier molecular flexibility index (Phi) is 9.24. The minimum atomic E-state index is -0.538. The number of halogens is 1. The van der Waals surface area contributed by atoms with Gasteiger partial charge in [0, 0.05) is 17.7 Å². The van der Waals surface area contributed by atoms with Crippen LogP contribution in [0.5, 0.6) is 23.1 Å². The van der Waals surface area contributed by atoms with Gasteiger partial charge in [0.25, 0.3) is 11.2 Å². The number of para-hydroxylation sites is 1. The summed E-state index contributed by atoms with van der Waals surface area (Å²) in [4.78, 5) is 33.2. The van der Waals surface area contributed by atoms with Gasteiger partial charge in [-0.1, -0.05) is 26.0 Å². The molecule has 0 fully saturated rings. The Morgan fingerprint density at radius 1 is 1.11 bits per heavy atom. The quantitative estimate of drug-likeness (QED) is 0.0841. The van der Waals surface area contributed by atoms with Gasteiger partial charge in [-0.2, -0.15) is 9.78 Å². The third kappa shape index (κ3) is 6.55. The number of fused-ring (bicyclic) bond motifs is 1. The summed E-state index contributed by atoms with van der Waals surface area (Å²) < 4.78 is 19.2. The number of aryl methyl sites for hydroxylation is 1. The molecule has 0 spiro atoms. The first-order chi connectivity index (χ1) is 21.6. The van der Waals surface area contributed by atoms with E-state index in [1.807, 2.05) is 38.1 Å². The second-order valence-electron chi connectivity index (χ2n) is 10.4. The molecule has 0 radical (unpaired) electrons. The molecular weight excluding hydrogens is 642 g/mol. The van der Waals surface area contributed by atoms with Crippen molar-refractivity contribution >= 4 is 38.7 Å². The maximum Gasteiger partial charge on any atom is 0.287 e. The van der Waals surface area contributed by atoms with E-state index < -0.39 is 4.92 Å². The number of rotatable bonds is 10. The van der Waals surface area contributed by atoms with Crippen LogP contribution in [0.1, 0.15) is 43.4 Å². The Labute approximate surface area is 267 Å². The Bertz CT molecular complexity index is 1990. The van der Waals surface area contributed by atoms with Gasteiger partial charge in [0.05, 0.1) is 40.2 Å². The van der Waals surface area contributed by atoms with Gasteiger partial charge in [0.2, 0.25) is 5.88 Å². The normalized spacial score (nSPS) is 11.4. The van der Waals surface area contributed by atoms with E-state index in [0.717, 1.165) is 28.6 Å². The molecule has 5 rings (SSSR count). The first kappa shape index (κ1) is 31.3. The van der Waals surface area contributed by atoms with Crippen LogP contribution in [-0.4, -0.2) is 39.5 Å². The molecule has 0 aliphatic heterocycles. The lowest BCUT2D eigenvalue weighted by molar-refractivity contribution is -0.385. The predicted octanol–water partition coefficient (Wildman–Crippen LogP) is 7.64. The highest BCUT2D eigenvalue weighted by Gasteiger charge is 2.19. The minimum Gasteiger partial charge on any atom is -0.494 e. The predicted molar refractivity (Wildman–Crippen MR) is 176 cm³/mol. The van der Waals surface area contributed by atoms with Crippen molar-refractivity contribution in [3.63, 3.8) is 0 Å². The van der Waals surface area contributed by atoms with Gasteiger partial charge >= 0.3 is 0 Å². The first-order valence-corrected chi connectivity index (χ1v) is 14.9. The molecular formula is C33H30BrN5O6. The summed E-state index contributed by atoms with van der Waals surface area (Å²) in [5.41, 5.74) is 3.34. The van der Waals surface area contributed by atoms with Crippen molar-refractivity contribution in [2.75, 3.05) is 13.7 Å². The molecule has 12 heteroatoms. The Morgan fingerprint density at radius 2 is 1.89 bits per heavy atom.